The van der Waals surface area contributed by atoms with Crippen molar-refractivity contribution in [2.45, 2.75) is 19.9 Å². The number of nitrogens with zero attached hydrogens (tertiary/aromatic N) is 3. The molecule has 1 unspecified atom stereocenters. The number of fused-ring (bicyclic) bond motifs is 13. The molecule has 0 bridgehead atoms. The second-order valence-corrected chi connectivity index (χ2v) is 13.5. The summed E-state index contributed by atoms with van der Waals surface area (Å²) in [4.78, 5) is 7.82. The minimum atomic E-state index is -0.00516. The van der Waals surface area contributed by atoms with E-state index in [4.69, 9.17) is 4.98 Å². The van der Waals surface area contributed by atoms with Crippen LogP contribution in [0.5, 0.6) is 0 Å². The molecule has 0 saturated heterocycles. The average Bonchev–Trinajstić information content (AvgIpc) is 3.73. The van der Waals surface area contributed by atoms with Crippen molar-refractivity contribution in [2.24, 2.45) is 0 Å². The van der Waals surface area contributed by atoms with Gasteiger partial charge in [-0.2, -0.15) is 0 Å². The van der Waals surface area contributed by atoms with Crippen LogP contribution in [0.2, 0.25) is 0 Å². The van der Waals surface area contributed by atoms with Gasteiger partial charge in [-0.05, 0) is 76.2 Å². The van der Waals surface area contributed by atoms with Crippen molar-refractivity contribution in [3.8, 4) is 11.4 Å². The molecule has 0 saturated carbocycles. The fraction of sp³-hybridized carbons (Fsp3) is 0.0625. The van der Waals surface area contributed by atoms with Crippen LogP contribution in [0.3, 0.4) is 0 Å². The van der Waals surface area contributed by atoms with Crippen LogP contribution < -0.4 is 4.90 Å². The third-order valence-corrected chi connectivity index (χ3v) is 10.7. The summed E-state index contributed by atoms with van der Waals surface area (Å²) in [5.41, 5.74) is 9.42. The third kappa shape index (κ3) is 4.41. The third-order valence-electron chi connectivity index (χ3n) is 10.7. The number of aromatic nitrogens is 2. The number of anilines is 2. The molecule has 0 radical (unpaired) electrons. The smallest absolute Gasteiger partial charge is 0.142 e. The van der Waals surface area contributed by atoms with Gasteiger partial charge >= 0.3 is 0 Å². The Labute approximate surface area is 297 Å². The minimum absolute atomic E-state index is 0.00516. The maximum absolute atomic E-state index is 5.42. The van der Waals surface area contributed by atoms with Crippen molar-refractivity contribution < 1.29 is 0 Å². The zero-order valence-corrected chi connectivity index (χ0v) is 28.6. The number of hydrogen-bond acceptors (Lipinski definition) is 2. The van der Waals surface area contributed by atoms with Crippen molar-refractivity contribution in [3.05, 3.63) is 187 Å². The quantitative estimate of drug-likeness (QED) is 0.136. The molecule has 3 nitrogen and oxygen atoms in total. The predicted octanol–water partition coefficient (Wildman–Crippen LogP) is 12.9. The number of hydrogen-bond donors (Lipinski definition) is 0. The van der Waals surface area contributed by atoms with Crippen molar-refractivity contribution in [3.63, 3.8) is 0 Å². The van der Waals surface area contributed by atoms with E-state index >= 15 is 0 Å². The van der Waals surface area contributed by atoms with E-state index in [0.29, 0.717) is 0 Å². The fourth-order valence-corrected chi connectivity index (χ4v) is 8.44. The monoisotopic (exact) mass is 653 g/mol. The molecular weight excluding hydrogens is 619 g/mol. The molecule has 9 aromatic rings. The van der Waals surface area contributed by atoms with E-state index in [9.17, 15) is 0 Å². The molecule has 51 heavy (non-hydrogen) atoms. The first-order valence-corrected chi connectivity index (χ1v) is 17.7. The van der Waals surface area contributed by atoms with Crippen LogP contribution in [0.4, 0.5) is 11.4 Å². The van der Waals surface area contributed by atoms with Crippen molar-refractivity contribution in [1.29, 1.82) is 0 Å². The summed E-state index contributed by atoms with van der Waals surface area (Å²) in [6.07, 6.45) is 6.40. The molecule has 1 atom stereocenters. The molecule has 242 valence electrons. The van der Waals surface area contributed by atoms with Gasteiger partial charge in [-0.25, -0.2) is 4.98 Å². The molecule has 1 aliphatic heterocycles. The summed E-state index contributed by atoms with van der Waals surface area (Å²) >= 11 is 0. The summed E-state index contributed by atoms with van der Waals surface area (Å²) in [6, 6.07) is 55.3. The van der Waals surface area contributed by atoms with Crippen LogP contribution in [-0.4, -0.2) is 9.55 Å². The molecule has 2 heterocycles. The molecule has 1 aromatic heterocycles. The summed E-state index contributed by atoms with van der Waals surface area (Å²) in [7, 11) is 0. The Morgan fingerprint density at radius 2 is 1.22 bits per heavy atom. The van der Waals surface area contributed by atoms with E-state index < -0.39 is 0 Å². The number of imidazole rings is 1. The minimum Gasteiger partial charge on any atom is -0.314 e. The SMILES string of the molecule is C/C=C\C=C(/C)N(c1ccc(C2c3ccccc3-c3nc4c5ccccc5c5ccccc5c4n32)cc1)c1cc2ccccc2c2ccccc12. The van der Waals surface area contributed by atoms with E-state index in [2.05, 4.69) is 193 Å². The Bertz CT molecular complexity index is 2890. The average molecular weight is 654 g/mol. The molecule has 0 N–H and O–H groups in total. The lowest BCUT2D eigenvalue weighted by molar-refractivity contribution is 0.741. The second-order valence-electron chi connectivity index (χ2n) is 13.5. The van der Waals surface area contributed by atoms with Gasteiger partial charge < -0.3 is 9.47 Å². The number of rotatable bonds is 5. The number of allylic oxidation sites excluding steroid dienone is 4. The first kappa shape index (κ1) is 29.5. The molecule has 10 rings (SSSR count). The highest BCUT2D eigenvalue weighted by Crippen LogP contribution is 2.48. The highest BCUT2D eigenvalue weighted by molar-refractivity contribution is 6.24. The van der Waals surface area contributed by atoms with E-state index in [1.807, 2.05) is 0 Å². The van der Waals surface area contributed by atoms with E-state index in [1.165, 1.54) is 71.0 Å². The Kier molecular flexibility index (Phi) is 6.68. The van der Waals surface area contributed by atoms with Gasteiger partial charge in [-0.3, -0.25) is 0 Å². The Morgan fingerprint density at radius 1 is 0.627 bits per heavy atom. The standard InChI is InChI=1S/C48H35N3/c1-3-4-15-31(2)50(44-30-33-16-5-6-17-35(33)36-18-7-10-21-39(36)44)34-28-26-32(27-29-34)46-42-24-13-14-25-43(42)48-49-45-40-22-11-8-19-37(40)38-20-9-12-23-41(38)47(45)51(46)48/h3-30,46H,1-2H3/b4-3-,31-15+. The Morgan fingerprint density at radius 3 is 1.96 bits per heavy atom. The molecular formula is C48H35N3. The van der Waals surface area contributed by atoms with Crippen LogP contribution in [0, 0.1) is 0 Å². The van der Waals surface area contributed by atoms with Crippen LogP contribution in [0.1, 0.15) is 31.0 Å². The van der Waals surface area contributed by atoms with Crippen molar-refractivity contribution in [2.75, 3.05) is 4.90 Å². The van der Waals surface area contributed by atoms with Gasteiger partial charge in [0.15, 0.2) is 0 Å². The second kappa shape index (κ2) is 11.6. The highest BCUT2D eigenvalue weighted by Gasteiger charge is 2.34. The summed E-state index contributed by atoms with van der Waals surface area (Å²) in [6.45, 7) is 4.26. The maximum Gasteiger partial charge on any atom is 0.142 e. The molecule has 0 spiro atoms. The van der Waals surface area contributed by atoms with Crippen LogP contribution in [0.15, 0.2) is 176 Å². The van der Waals surface area contributed by atoms with Gasteiger partial charge in [0.25, 0.3) is 0 Å². The summed E-state index contributed by atoms with van der Waals surface area (Å²) in [5, 5.41) is 9.92. The van der Waals surface area contributed by atoms with Crippen molar-refractivity contribution in [1.82, 2.24) is 9.55 Å². The largest absolute Gasteiger partial charge is 0.314 e. The van der Waals surface area contributed by atoms with Crippen LogP contribution in [0.25, 0.3) is 65.5 Å². The topological polar surface area (TPSA) is 21.1 Å². The predicted molar refractivity (Wildman–Crippen MR) is 216 cm³/mol. The summed E-state index contributed by atoms with van der Waals surface area (Å²) in [5.74, 6) is 1.03. The van der Waals surface area contributed by atoms with Crippen LogP contribution in [-0.2, 0) is 0 Å². The molecule has 8 aromatic carbocycles. The lowest BCUT2D eigenvalue weighted by atomic mass is 9.95. The highest BCUT2D eigenvalue weighted by atomic mass is 15.2. The molecule has 0 fully saturated rings. The Hall–Kier alpha value is -6.45. The maximum atomic E-state index is 5.42. The zero-order valence-electron chi connectivity index (χ0n) is 28.6. The normalized spacial score (nSPS) is 14.3. The van der Waals surface area contributed by atoms with Crippen molar-refractivity contribution >= 4 is 65.5 Å². The number of benzene rings is 8. The Balaban J connectivity index is 1.18. The molecule has 0 aliphatic carbocycles. The van der Waals surface area contributed by atoms with Crippen LogP contribution >= 0.6 is 0 Å². The first-order valence-electron chi connectivity index (χ1n) is 17.7. The van der Waals surface area contributed by atoms with Gasteiger partial charge in [-0.1, -0.05) is 146 Å². The molecule has 0 amide bonds. The first-order chi connectivity index (χ1) is 25.2. The van der Waals surface area contributed by atoms with E-state index in [1.54, 1.807) is 0 Å². The van der Waals surface area contributed by atoms with Gasteiger partial charge in [0.05, 0.1) is 22.8 Å². The lowest BCUT2D eigenvalue weighted by Gasteiger charge is -2.28. The fourth-order valence-electron chi connectivity index (χ4n) is 8.44. The van der Waals surface area contributed by atoms with E-state index in [0.717, 1.165) is 22.7 Å². The summed E-state index contributed by atoms with van der Waals surface area (Å²) < 4.78 is 2.50. The van der Waals surface area contributed by atoms with Gasteiger partial charge in [0, 0.05) is 33.1 Å². The van der Waals surface area contributed by atoms with E-state index in [-0.39, 0.29) is 6.04 Å². The van der Waals surface area contributed by atoms with Gasteiger partial charge in [-0.15, -0.1) is 0 Å². The zero-order chi connectivity index (χ0) is 34.1. The molecule has 3 heteroatoms. The lowest BCUT2D eigenvalue weighted by Crippen LogP contribution is -2.15. The van der Waals surface area contributed by atoms with Gasteiger partial charge in [0.1, 0.15) is 5.82 Å². The van der Waals surface area contributed by atoms with Gasteiger partial charge in [0.2, 0.25) is 0 Å². The molecule has 1 aliphatic rings.